The second-order valence-corrected chi connectivity index (χ2v) is 15.3. The third kappa shape index (κ3) is 8.18. The van der Waals surface area contributed by atoms with Crippen LogP contribution in [0.25, 0.3) is 11.3 Å². The minimum Gasteiger partial charge on any atom is -0.507 e. The van der Waals surface area contributed by atoms with Gasteiger partial charge in [0.1, 0.15) is 11.4 Å². The molecule has 1 aromatic heterocycles. The Morgan fingerprint density at radius 3 is 2.30 bits per heavy atom. The molecule has 0 saturated carbocycles. The number of phenols is 1. The minimum atomic E-state index is -0.839. The molecule has 3 amide bonds. The van der Waals surface area contributed by atoms with Crippen molar-refractivity contribution in [2.45, 2.75) is 75.3 Å². The molecule has 2 N–H and O–H groups in total. The summed E-state index contributed by atoms with van der Waals surface area (Å²) in [5, 5.41) is 21.2. The number of aromatic nitrogens is 2. The van der Waals surface area contributed by atoms with Crippen molar-refractivity contribution in [1.82, 2.24) is 25.3 Å². The molecule has 1 unspecified atom stereocenters. The van der Waals surface area contributed by atoms with Crippen LogP contribution >= 0.6 is 0 Å². The monoisotopic (exact) mass is 723 g/mol. The van der Waals surface area contributed by atoms with Crippen molar-refractivity contribution in [1.29, 1.82) is 0 Å². The van der Waals surface area contributed by atoms with Crippen LogP contribution in [-0.4, -0.2) is 114 Å². The molecule has 12 heteroatoms. The first kappa shape index (κ1) is 36.8. The molecule has 4 aliphatic rings. The van der Waals surface area contributed by atoms with Gasteiger partial charge in [0.15, 0.2) is 0 Å². The predicted molar refractivity (Wildman–Crippen MR) is 204 cm³/mol. The number of hydrogen-bond donors (Lipinski definition) is 2. The molecule has 4 saturated heterocycles. The van der Waals surface area contributed by atoms with Gasteiger partial charge in [-0.15, -0.1) is 0 Å². The van der Waals surface area contributed by atoms with E-state index in [1.54, 1.807) is 25.4 Å². The molecule has 282 valence electrons. The fraction of sp³-hybridized carbons (Fsp3) is 0.537. The van der Waals surface area contributed by atoms with Crippen LogP contribution < -0.4 is 15.1 Å². The SMILES string of the molecule is COC1(C(=O)N(C)C2CCN(CCC3CCN(c4ccc(C5CCC(=O)NC5=O)cc4)CC3)CC2)CCN(c2cnnc(-c3ccccc3O)c2)CC1. The number of phenolic OH excluding ortho intramolecular Hbond substituents is 1. The molecule has 1 atom stereocenters. The summed E-state index contributed by atoms with van der Waals surface area (Å²) in [5.41, 5.74) is 3.51. The number of carbonyl (C=O) groups is 3. The van der Waals surface area contributed by atoms with Crippen LogP contribution in [0.5, 0.6) is 5.75 Å². The van der Waals surface area contributed by atoms with E-state index in [1.165, 1.54) is 24.9 Å². The van der Waals surface area contributed by atoms with E-state index in [4.69, 9.17) is 4.74 Å². The maximum Gasteiger partial charge on any atom is 0.254 e. The van der Waals surface area contributed by atoms with Crippen molar-refractivity contribution in [2.24, 2.45) is 5.92 Å². The summed E-state index contributed by atoms with van der Waals surface area (Å²) in [7, 11) is 3.62. The van der Waals surface area contributed by atoms with Crippen LogP contribution in [0.15, 0.2) is 60.8 Å². The number of likely N-dealkylation sites (N-methyl/N-ethyl adjacent to an activating group) is 1. The van der Waals surface area contributed by atoms with E-state index in [2.05, 4.69) is 42.3 Å². The number of imide groups is 1. The predicted octanol–water partition coefficient (Wildman–Crippen LogP) is 4.58. The van der Waals surface area contributed by atoms with E-state index < -0.39 is 5.60 Å². The van der Waals surface area contributed by atoms with Crippen LogP contribution in [0.3, 0.4) is 0 Å². The zero-order valence-corrected chi connectivity index (χ0v) is 31.1. The number of methoxy groups -OCH3 is 1. The Morgan fingerprint density at radius 1 is 0.925 bits per heavy atom. The number of para-hydroxylation sites is 1. The lowest BCUT2D eigenvalue weighted by atomic mass is 9.88. The quantitative estimate of drug-likeness (QED) is 0.287. The second-order valence-electron chi connectivity index (χ2n) is 15.3. The number of benzene rings is 2. The first-order valence-corrected chi connectivity index (χ1v) is 19.3. The molecule has 12 nitrogen and oxygen atoms in total. The highest BCUT2D eigenvalue weighted by molar-refractivity contribution is 6.01. The van der Waals surface area contributed by atoms with Gasteiger partial charge in [0.25, 0.3) is 5.91 Å². The highest BCUT2D eigenvalue weighted by Gasteiger charge is 2.45. The first-order chi connectivity index (χ1) is 25.7. The smallest absolute Gasteiger partial charge is 0.254 e. The van der Waals surface area contributed by atoms with E-state index in [1.807, 2.05) is 42.3 Å². The van der Waals surface area contributed by atoms with Crippen LogP contribution in [-0.2, 0) is 19.1 Å². The Hall–Kier alpha value is -4.55. The van der Waals surface area contributed by atoms with Gasteiger partial charge in [0.2, 0.25) is 11.8 Å². The fourth-order valence-corrected chi connectivity index (χ4v) is 8.77. The Balaban J connectivity index is 0.835. The van der Waals surface area contributed by atoms with Gasteiger partial charge in [0.05, 0.1) is 23.5 Å². The largest absolute Gasteiger partial charge is 0.507 e. The normalized spacial score (nSPS) is 21.7. The van der Waals surface area contributed by atoms with Gasteiger partial charge >= 0.3 is 0 Å². The van der Waals surface area contributed by atoms with E-state index >= 15 is 0 Å². The molecule has 5 heterocycles. The third-order valence-corrected chi connectivity index (χ3v) is 12.3. The number of hydrogen-bond acceptors (Lipinski definition) is 10. The molecular formula is C41H53N7O5. The molecule has 4 fully saturated rings. The number of piperidine rings is 4. The lowest BCUT2D eigenvalue weighted by molar-refractivity contribution is -0.159. The standard InChI is InChI=1S/C41H53N7O5/c1-45(40(52)41(53-2)18-25-48(26-19-41)33-27-36(44-42-28-33)35-5-3-4-6-37(35)49)31-16-21-46(22-17-31)20-13-29-14-23-47(24-15-29)32-9-7-30(8-10-32)34-11-12-38(50)43-39(34)51/h3-10,27-29,31,34,49H,11-26H2,1-2H3,(H,43,50,51). The second kappa shape index (κ2) is 16.2. The van der Waals surface area contributed by atoms with E-state index in [9.17, 15) is 19.5 Å². The van der Waals surface area contributed by atoms with Gasteiger partial charge < -0.3 is 29.4 Å². The van der Waals surface area contributed by atoms with E-state index in [-0.39, 0.29) is 35.4 Å². The molecule has 0 bridgehead atoms. The number of rotatable bonds is 10. The van der Waals surface area contributed by atoms with Crippen molar-refractivity contribution >= 4 is 29.1 Å². The van der Waals surface area contributed by atoms with E-state index in [0.717, 1.165) is 56.8 Å². The molecule has 2 aromatic carbocycles. The molecule has 0 radical (unpaired) electrons. The molecular weight excluding hydrogens is 670 g/mol. The van der Waals surface area contributed by atoms with Gasteiger partial charge in [0, 0.05) is 90.0 Å². The number of nitrogens with zero attached hydrogens (tertiary/aromatic N) is 6. The van der Waals surface area contributed by atoms with Gasteiger partial charge in [-0.25, -0.2) is 0 Å². The number of aromatic hydroxyl groups is 1. The first-order valence-electron chi connectivity index (χ1n) is 19.3. The average Bonchev–Trinajstić information content (AvgIpc) is 3.20. The Kier molecular flexibility index (Phi) is 11.3. The Morgan fingerprint density at radius 2 is 1.62 bits per heavy atom. The van der Waals surface area contributed by atoms with Gasteiger partial charge in [-0.1, -0.05) is 24.3 Å². The number of nitrogens with one attached hydrogen (secondary N) is 1. The maximum absolute atomic E-state index is 14.0. The molecule has 4 aliphatic heterocycles. The molecule has 0 spiro atoms. The van der Waals surface area contributed by atoms with Crippen molar-refractivity contribution in [3.8, 4) is 17.0 Å². The molecule has 53 heavy (non-hydrogen) atoms. The van der Waals surface area contributed by atoms with Crippen LogP contribution in [0.2, 0.25) is 0 Å². The lowest BCUT2D eigenvalue weighted by Gasteiger charge is -2.45. The number of anilines is 2. The van der Waals surface area contributed by atoms with Crippen molar-refractivity contribution in [3.63, 3.8) is 0 Å². The Bertz CT molecular complexity index is 1750. The highest BCUT2D eigenvalue weighted by atomic mass is 16.5. The fourth-order valence-electron chi connectivity index (χ4n) is 8.77. The summed E-state index contributed by atoms with van der Waals surface area (Å²) in [4.78, 5) is 47.0. The summed E-state index contributed by atoms with van der Waals surface area (Å²) >= 11 is 0. The number of likely N-dealkylation sites (tertiary alicyclic amines) is 1. The van der Waals surface area contributed by atoms with E-state index in [0.29, 0.717) is 55.9 Å². The zero-order valence-electron chi connectivity index (χ0n) is 31.1. The topological polar surface area (TPSA) is 131 Å². The van der Waals surface area contributed by atoms with Crippen LogP contribution in [0.4, 0.5) is 11.4 Å². The summed E-state index contributed by atoms with van der Waals surface area (Å²) in [6, 6.07) is 17.6. The third-order valence-electron chi connectivity index (χ3n) is 12.3. The Labute approximate surface area is 312 Å². The number of carbonyl (C=O) groups excluding carboxylic acids is 3. The van der Waals surface area contributed by atoms with Crippen molar-refractivity contribution in [2.75, 3.05) is 69.8 Å². The molecule has 3 aromatic rings. The highest BCUT2D eigenvalue weighted by Crippen LogP contribution is 2.35. The van der Waals surface area contributed by atoms with Crippen molar-refractivity contribution in [3.05, 3.63) is 66.4 Å². The summed E-state index contributed by atoms with van der Waals surface area (Å²) in [6.45, 7) is 6.50. The summed E-state index contributed by atoms with van der Waals surface area (Å²) in [6.07, 6.45) is 9.38. The number of amides is 3. The summed E-state index contributed by atoms with van der Waals surface area (Å²) < 4.78 is 6.03. The summed E-state index contributed by atoms with van der Waals surface area (Å²) in [5.74, 6) is 0.355. The van der Waals surface area contributed by atoms with Gasteiger partial charge in [-0.05, 0) is 86.9 Å². The molecule has 0 aliphatic carbocycles. The maximum atomic E-state index is 14.0. The minimum absolute atomic E-state index is 0.0817. The lowest BCUT2D eigenvalue weighted by Crippen LogP contribution is -2.58. The number of ether oxygens (including phenoxy) is 1. The van der Waals surface area contributed by atoms with Gasteiger partial charge in [-0.2, -0.15) is 10.2 Å². The van der Waals surface area contributed by atoms with Gasteiger partial charge in [-0.3, -0.25) is 19.7 Å². The van der Waals surface area contributed by atoms with Crippen LogP contribution in [0, 0.1) is 5.92 Å². The average molecular weight is 724 g/mol. The molecule has 7 rings (SSSR count). The van der Waals surface area contributed by atoms with Crippen LogP contribution in [0.1, 0.15) is 69.3 Å². The zero-order chi connectivity index (χ0) is 37.0. The van der Waals surface area contributed by atoms with Crippen molar-refractivity contribution < 1.29 is 24.2 Å².